The van der Waals surface area contributed by atoms with Gasteiger partial charge in [-0.1, -0.05) is 30.3 Å². The van der Waals surface area contributed by atoms with Crippen LogP contribution in [0.15, 0.2) is 42.5 Å². The molecule has 1 atom stereocenters. The van der Waals surface area contributed by atoms with Crippen molar-refractivity contribution in [2.45, 2.75) is 31.9 Å². The van der Waals surface area contributed by atoms with Gasteiger partial charge < -0.3 is 15.2 Å². The topological polar surface area (TPSA) is 58.6 Å². The van der Waals surface area contributed by atoms with Crippen LogP contribution in [0.25, 0.3) is 11.1 Å². The molecular weight excluding hydrogens is 316 g/mol. The number of carbonyl (C=O) groups is 1. The van der Waals surface area contributed by atoms with Crippen molar-refractivity contribution in [3.05, 3.63) is 53.6 Å². The fourth-order valence-corrected chi connectivity index (χ4v) is 3.12. The summed E-state index contributed by atoms with van der Waals surface area (Å²) in [6, 6.07) is 12.2. The van der Waals surface area contributed by atoms with Crippen LogP contribution in [-0.2, 0) is 6.42 Å². The number of fused-ring (bicyclic) bond motifs is 1. The van der Waals surface area contributed by atoms with E-state index in [1.165, 1.54) is 12.1 Å². The van der Waals surface area contributed by atoms with Crippen molar-refractivity contribution in [3.63, 3.8) is 0 Å². The van der Waals surface area contributed by atoms with Crippen LogP contribution in [0.3, 0.4) is 0 Å². The molecule has 0 fully saturated rings. The highest BCUT2D eigenvalue weighted by Crippen LogP contribution is 2.33. The number of benzene rings is 2. The number of rotatable bonds is 4. The Labute approximate surface area is 138 Å². The van der Waals surface area contributed by atoms with E-state index >= 15 is 0 Å². The number of aryl methyl sites for hydroxylation is 1. The Hall–Kier alpha value is -2.63. The molecule has 2 aromatic rings. The van der Waals surface area contributed by atoms with Crippen molar-refractivity contribution in [1.29, 1.82) is 0 Å². The summed E-state index contributed by atoms with van der Waals surface area (Å²) in [5.74, 6) is 0.123. The molecule has 0 saturated heterocycles. The molecule has 4 nitrogen and oxygen atoms in total. The zero-order valence-electron chi connectivity index (χ0n) is 12.8. The first-order chi connectivity index (χ1) is 11.5. The lowest BCUT2D eigenvalue weighted by atomic mass is 9.86. The number of hydrogen-bond donors (Lipinski definition) is 2. The Bertz CT molecular complexity index is 732. The van der Waals surface area contributed by atoms with E-state index in [2.05, 4.69) is 10.1 Å². The second-order valence-corrected chi connectivity index (χ2v) is 5.71. The van der Waals surface area contributed by atoms with E-state index in [0.717, 1.165) is 41.5 Å². The van der Waals surface area contributed by atoms with E-state index in [1.54, 1.807) is 12.1 Å². The molecule has 2 N–H and O–H groups in total. The number of carboxylic acid groups (broad SMARTS) is 1. The maximum atomic E-state index is 12.2. The van der Waals surface area contributed by atoms with E-state index in [1.807, 2.05) is 18.2 Å². The molecule has 0 aliphatic heterocycles. The van der Waals surface area contributed by atoms with E-state index in [0.29, 0.717) is 0 Å². The van der Waals surface area contributed by atoms with Gasteiger partial charge in [0.15, 0.2) is 0 Å². The van der Waals surface area contributed by atoms with E-state index in [9.17, 15) is 13.6 Å². The Morgan fingerprint density at radius 1 is 1.17 bits per heavy atom. The molecule has 1 unspecified atom stereocenters. The number of amides is 1. The van der Waals surface area contributed by atoms with Crippen molar-refractivity contribution >= 4 is 6.09 Å². The minimum atomic E-state index is -2.83. The second-order valence-electron chi connectivity index (χ2n) is 5.71. The average Bonchev–Trinajstić information content (AvgIpc) is 2.54. The van der Waals surface area contributed by atoms with Gasteiger partial charge in [0.1, 0.15) is 5.75 Å². The molecule has 0 bridgehead atoms. The Morgan fingerprint density at radius 2 is 1.88 bits per heavy atom. The summed E-state index contributed by atoms with van der Waals surface area (Å²) >= 11 is 0. The molecule has 0 aromatic heterocycles. The van der Waals surface area contributed by atoms with Crippen molar-refractivity contribution in [3.8, 4) is 16.9 Å². The minimum Gasteiger partial charge on any atom is -0.465 e. The SMILES string of the molecule is O=C(O)NC1CCCc2cc(-c3ccc(OC(F)F)cc3)ccc21. The number of hydrogen-bond acceptors (Lipinski definition) is 2. The van der Waals surface area contributed by atoms with Crippen LogP contribution in [0.4, 0.5) is 13.6 Å². The van der Waals surface area contributed by atoms with Gasteiger partial charge in [0.05, 0.1) is 6.04 Å². The highest BCUT2D eigenvalue weighted by atomic mass is 19.3. The van der Waals surface area contributed by atoms with Gasteiger partial charge in [-0.3, -0.25) is 0 Å². The first-order valence-corrected chi connectivity index (χ1v) is 7.70. The van der Waals surface area contributed by atoms with Crippen LogP contribution in [0.5, 0.6) is 5.75 Å². The summed E-state index contributed by atoms with van der Waals surface area (Å²) in [5.41, 5.74) is 3.98. The maximum absolute atomic E-state index is 12.2. The predicted molar refractivity (Wildman–Crippen MR) is 85.3 cm³/mol. The zero-order valence-corrected chi connectivity index (χ0v) is 12.8. The van der Waals surface area contributed by atoms with E-state index in [4.69, 9.17) is 5.11 Å². The molecule has 1 aliphatic rings. The van der Waals surface area contributed by atoms with Gasteiger partial charge in [-0.15, -0.1) is 0 Å². The van der Waals surface area contributed by atoms with Crippen LogP contribution < -0.4 is 10.1 Å². The quantitative estimate of drug-likeness (QED) is 0.860. The lowest BCUT2D eigenvalue weighted by Crippen LogP contribution is -2.29. The highest BCUT2D eigenvalue weighted by Gasteiger charge is 2.21. The lowest BCUT2D eigenvalue weighted by molar-refractivity contribution is -0.0498. The lowest BCUT2D eigenvalue weighted by Gasteiger charge is -2.26. The first-order valence-electron chi connectivity index (χ1n) is 7.70. The molecule has 0 radical (unpaired) electrons. The van der Waals surface area contributed by atoms with E-state index in [-0.39, 0.29) is 11.8 Å². The molecule has 3 rings (SSSR count). The van der Waals surface area contributed by atoms with Crippen LogP contribution in [0.2, 0.25) is 0 Å². The van der Waals surface area contributed by atoms with Gasteiger partial charge >= 0.3 is 12.7 Å². The summed E-state index contributed by atoms with van der Waals surface area (Å²) in [6.07, 6.45) is 1.58. The van der Waals surface area contributed by atoms with Crippen molar-refractivity contribution < 1.29 is 23.4 Å². The first kappa shape index (κ1) is 16.2. The van der Waals surface area contributed by atoms with E-state index < -0.39 is 12.7 Å². The van der Waals surface area contributed by atoms with Crippen LogP contribution in [0.1, 0.15) is 30.0 Å². The summed E-state index contributed by atoms with van der Waals surface area (Å²) < 4.78 is 28.7. The van der Waals surface area contributed by atoms with Gasteiger partial charge in [-0.05, 0) is 53.6 Å². The number of halogens is 2. The zero-order chi connectivity index (χ0) is 17.1. The molecule has 6 heteroatoms. The molecule has 1 amide bonds. The van der Waals surface area contributed by atoms with Gasteiger partial charge in [-0.25, -0.2) is 4.79 Å². The van der Waals surface area contributed by atoms with Gasteiger partial charge in [0, 0.05) is 0 Å². The third kappa shape index (κ3) is 3.64. The average molecular weight is 333 g/mol. The van der Waals surface area contributed by atoms with Crippen LogP contribution in [-0.4, -0.2) is 17.8 Å². The fraction of sp³-hybridized carbons (Fsp3) is 0.278. The van der Waals surface area contributed by atoms with Crippen molar-refractivity contribution in [1.82, 2.24) is 5.32 Å². The molecule has 1 aliphatic carbocycles. The summed E-state index contributed by atoms with van der Waals surface area (Å²) in [4.78, 5) is 10.9. The fourth-order valence-electron chi connectivity index (χ4n) is 3.12. The van der Waals surface area contributed by atoms with Crippen molar-refractivity contribution in [2.75, 3.05) is 0 Å². The summed E-state index contributed by atoms with van der Waals surface area (Å²) in [6.45, 7) is -2.83. The number of nitrogens with one attached hydrogen (secondary N) is 1. The molecule has 24 heavy (non-hydrogen) atoms. The normalized spacial score (nSPS) is 16.5. The number of ether oxygens (including phenoxy) is 1. The second kappa shape index (κ2) is 6.86. The third-order valence-corrected chi connectivity index (χ3v) is 4.17. The highest BCUT2D eigenvalue weighted by molar-refractivity contribution is 5.68. The summed E-state index contributed by atoms with van der Waals surface area (Å²) in [5, 5.41) is 11.5. The minimum absolute atomic E-state index is 0.123. The molecule has 0 spiro atoms. The number of alkyl halides is 2. The molecule has 2 aromatic carbocycles. The largest absolute Gasteiger partial charge is 0.465 e. The van der Waals surface area contributed by atoms with Gasteiger partial charge in [0.2, 0.25) is 0 Å². The molecule has 126 valence electrons. The van der Waals surface area contributed by atoms with Gasteiger partial charge in [0.25, 0.3) is 0 Å². The molecule has 0 saturated carbocycles. The van der Waals surface area contributed by atoms with Crippen molar-refractivity contribution in [2.24, 2.45) is 0 Å². The van der Waals surface area contributed by atoms with Gasteiger partial charge in [-0.2, -0.15) is 8.78 Å². The standard InChI is InChI=1S/C18H17F2NO3/c19-17(20)24-14-7-4-11(5-8-14)12-6-9-15-13(10-12)2-1-3-16(15)21-18(22)23/h4-10,16-17,21H,1-3H2,(H,22,23). The smallest absolute Gasteiger partial charge is 0.405 e. The third-order valence-electron chi connectivity index (χ3n) is 4.17. The molecule has 0 heterocycles. The van der Waals surface area contributed by atoms with Crippen LogP contribution in [0, 0.1) is 0 Å². The Morgan fingerprint density at radius 3 is 2.54 bits per heavy atom. The van der Waals surface area contributed by atoms with Crippen LogP contribution >= 0.6 is 0 Å². The summed E-state index contributed by atoms with van der Waals surface area (Å²) in [7, 11) is 0. The Balaban J connectivity index is 1.84. The Kier molecular flexibility index (Phi) is 4.64. The predicted octanol–water partition coefficient (Wildman–Crippen LogP) is 4.60. The monoisotopic (exact) mass is 333 g/mol. The maximum Gasteiger partial charge on any atom is 0.405 e. The molecular formula is C18H17F2NO3.